The summed E-state index contributed by atoms with van der Waals surface area (Å²) in [6.07, 6.45) is 2.09. The van der Waals surface area contributed by atoms with Gasteiger partial charge in [-0.05, 0) is 37.3 Å². The lowest BCUT2D eigenvalue weighted by Crippen LogP contribution is -2.42. The second-order valence-electron chi connectivity index (χ2n) is 5.88. The van der Waals surface area contributed by atoms with Gasteiger partial charge in [-0.1, -0.05) is 26.0 Å². The smallest absolute Gasteiger partial charge is 0.222 e. The molecule has 1 aromatic rings. The van der Waals surface area contributed by atoms with Crippen LogP contribution in [0.3, 0.4) is 0 Å². The van der Waals surface area contributed by atoms with E-state index in [9.17, 15) is 4.79 Å². The first kappa shape index (κ1) is 24.0. The average Bonchev–Trinajstić information content (AvgIpc) is 2.56. The number of nitrogens with zero attached hydrogens (tertiary/aromatic N) is 1. The second-order valence-corrected chi connectivity index (χ2v) is 6.73. The molecule has 0 fully saturated rings. The predicted molar refractivity (Wildman–Crippen MR) is 119 cm³/mol. The van der Waals surface area contributed by atoms with E-state index in [0.717, 1.165) is 12.5 Å². The molecule has 0 aromatic heterocycles. The highest BCUT2D eigenvalue weighted by molar-refractivity contribution is 14.0. The highest BCUT2D eigenvalue weighted by atomic mass is 127. The maximum absolute atomic E-state index is 11.5. The second kappa shape index (κ2) is 13.3. The van der Waals surface area contributed by atoms with E-state index in [1.54, 1.807) is 11.8 Å². The third-order valence-corrected chi connectivity index (χ3v) is 4.26. The summed E-state index contributed by atoms with van der Waals surface area (Å²) in [7, 11) is 0. The minimum Gasteiger partial charge on any atom is -0.357 e. The number of aryl methyl sites for hydroxylation is 1. The van der Waals surface area contributed by atoms with Crippen LogP contribution in [0.15, 0.2) is 28.1 Å². The fraction of sp³-hybridized carbons (Fsp3) is 0.556. The zero-order chi connectivity index (χ0) is 17.9. The Morgan fingerprint density at radius 2 is 1.88 bits per heavy atom. The number of guanidine groups is 1. The first-order valence-corrected chi connectivity index (χ1v) is 9.63. The molecule has 5 nitrogen and oxygen atoms in total. The third-order valence-electron chi connectivity index (χ3n) is 3.44. The van der Waals surface area contributed by atoms with Gasteiger partial charge < -0.3 is 16.0 Å². The van der Waals surface area contributed by atoms with Gasteiger partial charge in [0.05, 0.1) is 6.54 Å². The van der Waals surface area contributed by atoms with Gasteiger partial charge in [0, 0.05) is 30.4 Å². The van der Waals surface area contributed by atoms with Crippen molar-refractivity contribution in [2.24, 2.45) is 10.9 Å². The SMILES string of the molecule is CCNC(=NCc1ccc(C)cc1SC)NCCNC(=O)C(C)C.I. The molecule has 0 unspecified atom stereocenters. The molecule has 0 aliphatic rings. The van der Waals surface area contributed by atoms with Crippen molar-refractivity contribution in [2.75, 3.05) is 25.9 Å². The van der Waals surface area contributed by atoms with Crippen molar-refractivity contribution in [1.82, 2.24) is 16.0 Å². The van der Waals surface area contributed by atoms with E-state index < -0.39 is 0 Å². The molecular weight excluding hydrogens is 447 g/mol. The van der Waals surface area contributed by atoms with E-state index in [4.69, 9.17) is 0 Å². The van der Waals surface area contributed by atoms with Crippen LogP contribution in [0.5, 0.6) is 0 Å². The van der Waals surface area contributed by atoms with Gasteiger partial charge in [0.15, 0.2) is 5.96 Å². The van der Waals surface area contributed by atoms with Crippen molar-refractivity contribution in [3.05, 3.63) is 29.3 Å². The van der Waals surface area contributed by atoms with Gasteiger partial charge in [-0.25, -0.2) is 4.99 Å². The minimum absolute atomic E-state index is 0. The molecule has 0 bridgehead atoms. The summed E-state index contributed by atoms with van der Waals surface area (Å²) < 4.78 is 0. The number of carbonyl (C=O) groups excluding carboxylic acids is 1. The first-order chi connectivity index (χ1) is 11.5. The Bertz CT molecular complexity index is 564. The first-order valence-electron chi connectivity index (χ1n) is 8.41. The summed E-state index contributed by atoms with van der Waals surface area (Å²) in [5.41, 5.74) is 2.48. The molecule has 0 atom stereocenters. The summed E-state index contributed by atoms with van der Waals surface area (Å²) in [6.45, 7) is 10.6. The number of thioether (sulfide) groups is 1. The van der Waals surface area contributed by atoms with Gasteiger partial charge in [-0.2, -0.15) is 0 Å². The molecule has 1 amide bonds. The monoisotopic (exact) mass is 478 g/mol. The number of halogens is 1. The molecule has 0 spiro atoms. The molecule has 0 saturated carbocycles. The Balaban J connectivity index is 0.00000576. The zero-order valence-electron chi connectivity index (χ0n) is 15.8. The van der Waals surface area contributed by atoms with Gasteiger partial charge in [0.25, 0.3) is 0 Å². The van der Waals surface area contributed by atoms with Crippen LogP contribution in [0, 0.1) is 12.8 Å². The largest absolute Gasteiger partial charge is 0.357 e. The van der Waals surface area contributed by atoms with Gasteiger partial charge in [0.1, 0.15) is 0 Å². The highest BCUT2D eigenvalue weighted by Crippen LogP contribution is 2.22. The standard InChI is InChI=1S/C18H30N4OS.HI/c1-6-19-18(21-10-9-20-17(23)13(2)3)22-12-15-8-7-14(4)11-16(15)24-5;/h7-8,11,13H,6,9-10,12H2,1-5H3,(H,20,23)(H2,19,21,22);1H. The number of benzene rings is 1. The molecule has 1 aromatic carbocycles. The molecule has 0 aliphatic carbocycles. The Morgan fingerprint density at radius 3 is 2.48 bits per heavy atom. The van der Waals surface area contributed by atoms with Crippen LogP contribution in [0.2, 0.25) is 0 Å². The quantitative estimate of drug-likeness (QED) is 0.177. The van der Waals surface area contributed by atoms with Gasteiger partial charge in [-0.3, -0.25) is 4.79 Å². The van der Waals surface area contributed by atoms with E-state index in [1.807, 2.05) is 20.8 Å². The maximum Gasteiger partial charge on any atom is 0.222 e. The number of rotatable bonds is 8. The number of hydrogen-bond donors (Lipinski definition) is 3. The predicted octanol–water partition coefficient (Wildman–Crippen LogP) is 3.16. The third kappa shape index (κ3) is 9.34. The molecule has 0 aliphatic heterocycles. The Kier molecular flexibility index (Phi) is 12.8. The molecule has 3 N–H and O–H groups in total. The Morgan fingerprint density at radius 1 is 1.20 bits per heavy atom. The number of carbonyl (C=O) groups is 1. The maximum atomic E-state index is 11.5. The molecule has 142 valence electrons. The van der Waals surface area contributed by atoms with Gasteiger partial charge in [0.2, 0.25) is 5.91 Å². The molecule has 1 rings (SSSR count). The van der Waals surface area contributed by atoms with Crippen LogP contribution in [0.1, 0.15) is 31.9 Å². The lowest BCUT2D eigenvalue weighted by atomic mass is 10.1. The van der Waals surface area contributed by atoms with Crippen LogP contribution in [0.4, 0.5) is 0 Å². The number of hydrogen-bond acceptors (Lipinski definition) is 3. The highest BCUT2D eigenvalue weighted by Gasteiger charge is 2.06. The van der Waals surface area contributed by atoms with Gasteiger partial charge >= 0.3 is 0 Å². The van der Waals surface area contributed by atoms with Crippen LogP contribution < -0.4 is 16.0 Å². The van der Waals surface area contributed by atoms with E-state index >= 15 is 0 Å². The van der Waals surface area contributed by atoms with Crippen molar-refractivity contribution in [3.63, 3.8) is 0 Å². The molecular formula is C18H31IN4OS. The zero-order valence-corrected chi connectivity index (χ0v) is 19.0. The summed E-state index contributed by atoms with van der Waals surface area (Å²) in [5, 5.41) is 9.37. The fourth-order valence-electron chi connectivity index (χ4n) is 2.06. The van der Waals surface area contributed by atoms with Crippen molar-refractivity contribution in [3.8, 4) is 0 Å². The van der Waals surface area contributed by atoms with Crippen molar-refractivity contribution < 1.29 is 4.79 Å². The summed E-state index contributed by atoms with van der Waals surface area (Å²) >= 11 is 1.74. The van der Waals surface area contributed by atoms with E-state index in [1.165, 1.54) is 16.0 Å². The average molecular weight is 478 g/mol. The van der Waals surface area contributed by atoms with E-state index in [2.05, 4.69) is 52.3 Å². The van der Waals surface area contributed by atoms with Crippen LogP contribution >= 0.6 is 35.7 Å². The molecule has 25 heavy (non-hydrogen) atoms. The number of nitrogens with one attached hydrogen (secondary N) is 3. The lowest BCUT2D eigenvalue weighted by molar-refractivity contribution is -0.123. The Labute approximate surface area is 173 Å². The molecule has 0 saturated heterocycles. The molecule has 0 heterocycles. The van der Waals surface area contributed by atoms with Crippen LogP contribution in [0.25, 0.3) is 0 Å². The summed E-state index contributed by atoms with van der Waals surface area (Å²) in [5.74, 6) is 0.852. The molecule has 7 heteroatoms. The number of amides is 1. The topological polar surface area (TPSA) is 65.5 Å². The van der Waals surface area contributed by atoms with E-state index in [0.29, 0.717) is 19.6 Å². The van der Waals surface area contributed by atoms with Gasteiger partial charge in [-0.15, -0.1) is 35.7 Å². The van der Waals surface area contributed by atoms with Crippen molar-refractivity contribution in [2.45, 2.75) is 39.1 Å². The van der Waals surface area contributed by atoms with E-state index in [-0.39, 0.29) is 35.8 Å². The Hall–Kier alpha value is -0.960. The lowest BCUT2D eigenvalue weighted by Gasteiger charge is -2.13. The summed E-state index contributed by atoms with van der Waals surface area (Å²) in [4.78, 5) is 17.4. The summed E-state index contributed by atoms with van der Waals surface area (Å²) in [6, 6.07) is 6.45. The molecule has 0 radical (unpaired) electrons. The van der Waals surface area contributed by atoms with Crippen molar-refractivity contribution >= 4 is 47.6 Å². The number of aliphatic imine (C=N–C) groups is 1. The van der Waals surface area contributed by atoms with Crippen LogP contribution in [-0.4, -0.2) is 37.8 Å². The minimum atomic E-state index is 0. The van der Waals surface area contributed by atoms with Crippen LogP contribution in [-0.2, 0) is 11.3 Å². The normalized spacial score (nSPS) is 11.0. The van der Waals surface area contributed by atoms with Crippen molar-refractivity contribution in [1.29, 1.82) is 0 Å². The fourth-order valence-corrected chi connectivity index (χ4v) is 2.76.